The molecule has 2 N–H and O–H groups in total. The molecule has 0 fully saturated rings. The van der Waals surface area contributed by atoms with Gasteiger partial charge in [-0.05, 0) is 35.0 Å². The molecule has 19 heavy (non-hydrogen) atoms. The van der Waals surface area contributed by atoms with E-state index in [0.717, 1.165) is 0 Å². The molecular weight excluding hydrogens is 334 g/mol. The minimum atomic E-state index is -0.535. The Hall–Kier alpha value is -1.53. The van der Waals surface area contributed by atoms with Crippen molar-refractivity contribution in [2.45, 2.75) is 6.92 Å². The van der Waals surface area contributed by atoms with Crippen LogP contribution < -0.4 is 5.73 Å². The van der Waals surface area contributed by atoms with Crippen molar-refractivity contribution in [3.63, 3.8) is 0 Å². The van der Waals surface area contributed by atoms with Gasteiger partial charge in [0.1, 0.15) is 5.82 Å². The minimum absolute atomic E-state index is 0.124. The van der Waals surface area contributed by atoms with E-state index in [4.69, 9.17) is 22.1 Å². The van der Waals surface area contributed by atoms with Crippen LogP contribution in [0.15, 0.2) is 28.7 Å². The lowest BCUT2D eigenvalue weighted by molar-refractivity contribution is 0.0518. The molecule has 0 aliphatic carbocycles. The van der Waals surface area contributed by atoms with Gasteiger partial charge in [0.2, 0.25) is 0 Å². The number of rotatable bonds is 3. The zero-order valence-corrected chi connectivity index (χ0v) is 12.4. The number of anilines is 1. The van der Waals surface area contributed by atoms with E-state index in [9.17, 15) is 4.79 Å². The zero-order chi connectivity index (χ0) is 14.0. The molecule has 0 aliphatic rings. The number of hydrogen-bond donors (Lipinski definition) is 1. The van der Waals surface area contributed by atoms with Crippen LogP contribution in [0.3, 0.4) is 0 Å². The molecule has 1 heterocycles. The van der Waals surface area contributed by atoms with Gasteiger partial charge in [0.05, 0.1) is 21.8 Å². The number of nitrogen functional groups attached to an aromatic ring is 1. The monoisotopic (exact) mass is 343 g/mol. The van der Waals surface area contributed by atoms with Crippen molar-refractivity contribution in [1.82, 2.24) is 9.78 Å². The molecule has 2 rings (SSSR count). The van der Waals surface area contributed by atoms with Gasteiger partial charge in [0, 0.05) is 0 Å². The Kier molecular flexibility index (Phi) is 4.11. The molecule has 0 saturated heterocycles. The van der Waals surface area contributed by atoms with Crippen molar-refractivity contribution in [2.75, 3.05) is 12.3 Å². The number of halogens is 2. The van der Waals surface area contributed by atoms with E-state index in [1.807, 2.05) is 0 Å². The van der Waals surface area contributed by atoms with Crippen LogP contribution in [0, 0.1) is 0 Å². The maximum Gasteiger partial charge on any atom is 0.360 e. The van der Waals surface area contributed by atoms with E-state index in [1.54, 1.807) is 31.2 Å². The predicted octanol–water partition coefficient (Wildman–Crippen LogP) is 3.05. The highest BCUT2D eigenvalue weighted by molar-refractivity contribution is 9.10. The highest BCUT2D eigenvalue weighted by atomic mass is 79.9. The van der Waals surface area contributed by atoms with Crippen LogP contribution in [-0.4, -0.2) is 22.4 Å². The fourth-order valence-electron chi connectivity index (χ4n) is 1.55. The van der Waals surface area contributed by atoms with E-state index < -0.39 is 5.97 Å². The fraction of sp³-hybridized carbons (Fsp3) is 0.167. The number of carbonyl (C=O) groups is 1. The van der Waals surface area contributed by atoms with Crippen molar-refractivity contribution < 1.29 is 9.53 Å². The molecular formula is C12H11BrClN3O2. The highest BCUT2D eigenvalue weighted by Gasteiger charge is 2.22. The molecule has 7 heteroatoms. The van der Waals surface area contributed by atoms with E-state index in [0.29, 0.717) is 15.2 Å². The first-order valence-electron chi connectivity index (χ1n) is 5.52. The van der Waals surface area contributed by atoms with Crippen LogP contribution in [0.25, 0.3) is 5.69 Å². The van der Waals surface area contributed by atoms with Gasteiger partial charge in [-0.15, -0.1) is 0 Å². The molecule has 5 nitrogen and oxygen atoms in total. The second-order valence-corrected chi connectivity index (χ2v) is 4.83. The van der Waals surface area contributed by atoms with E-state index in [1.165, 1.54) is 4.68 Å². The Morgan fingerprint density at radius 3 is 2.84 bits per heavy atom. The second kappa shape index (κ2) is 5.63. The van der Waals surface area contributed by atoms with Crippen LogP contribution in [0.1, 0.15) is 17.4 Å². The van der Waals surface area contributed by atoms with E-state index in [-0.39, 0.29) is 18.1 Å². The van der Waals surface area contributed by atoms with Gasteiger partial charge in [-0.3, -0.25) is 0 Å². The Morgan fingerprint density at radius 2 is 2.21 bits per heavy atom. The predicted molar refractivity (Wildman–Crippen MR) is 76.6 cm³/mol. The standard InChI is InChI=1S/C12H11BrClN3O2/c1-2-19-12(18)10-9(13)11(15)17(16-10)8-6-4-3-5-7(8)14/h3-6H,2,15H2,1H3. The minimum Gasteiger partial charge on any atom is -0.461 e. The van der Waals surface area contributed by atoms with Crippen molar-refractivity contribution in [1.29, 1.82) is 0 Å². The van der Waals surface area contributed by atoms with Crippen molar-refractivity contribution in [2.24, 2.45) is 0 Å². The summed E-state index contributed by atoms with van der Waals surface area (Å²) in [5, 5.41) is 4.63. The maximum absolute atomic E-state index is 11.7. The average molecular weight is 345 g/mol. The number of nitrogens with two attached hydrogens (primary N) is 1. The summed E-state index contributed by atoms with van der Waals surface area (Å²) < 4.78 is 6.71. The van der Waals surface area contributed by atoms with Gasteiger partial charge >= 0.3 is 5.97 Å². The first-order valence-corrected chi connectivity index (χ1v) is 6.69. The molecule has 2 aromatic rings. The van der Waals surface area contributed by atoms with Gasteiger partial charge in [-0.2, -0.15) is 5.10 Å². The summed E-state index contributed by atoms with van der Waals surface area (Å²) in [5.74, 6) is -0.247. The molecule has 0 bridgehead atoms. The maximum atomic E-state index is 11.7. The first kappa shape index (κ1) is 13.9. The smallest absolute Gasteiger partial charge is 0.360 e. The molecule has 0 radical (unpaired) electrons. The Morgan fingerprint density at radius 1 is 1.53 bits per heavy atom. The number of esters is 1. The summed E-state index contributed by atoms with van der Waals surface area (Å²) in [6, 6.07) is 7.08. The third-order valence-corrected chi connectivity index (χ3v) is 3.51. The summed E-state index contributed by atoms with van der Waals surface area (Å²) in [5.41, 5.74) is 6.65. The molecule has 0 unspecified atom stereocenters. The van der Waals surface area contributed by atoms with Crippen molar-refractivity contribution >= 4 is 39.3 Å². The van der Waals surface area contributed by atoms with E-state index >= 15 is 0 Å². The van der Waals surface area contributed by atoms with Crippen LogP contribution >= 0.6 is 27.5 Å². The third-order valence-electron chi connectivity index (χ3n) is 2.41. The Balaban J connectivity index is 2.52. The quantitative estimate of drug-likeness (QED) is 0.869. The molecule has 0 atom stereocenters. The summed E-state index contributed by atoms with van der Waals surface area (Å²) >= 11 is 9.33. The molecule has 0 spiro atoms. The van der Waals surface area contributed by atoms with Crippen LogP contribution in [-0.2, 0) is 4.74 Å². The second-order valence-electron chi connectivity index (χ2n) is 3.63. The molecule has 0 aliphatic heterocycles. The molecule has 1 aromatic carbocycles. The number of hydrogen-bond acceptors (Lipinski definition) is 4. The van der Waals surface area contributed by atoms with Crippen molar-refractivity contribution in [3.05, 3.63) is 39.5 Å². The summed E-state index contributed by atoms with van der Waals surface area (Å²) in [7, 11) is 0. The number of ether oxygens (including phenoxy) is 1. The third kappa shape index (κ3) is 2.59. The van der Waals surface area contributed by atoms with Gasteiger partial charge in [0.15, 0.2) is 5.69 Å². The van der Waals surface area contributed by atoms with Crippen LogP contribution in [0.5, 0.6) is 0 Å². The molecule has 100 valence electrons. The van der Waals surface area contributed by atoms with Crippen molar-refractivity contribution in [3.8, 4) is 5.69 Å². The summed E-state index contributed by atoms with van der Waals surface area (Å²) in [6.07, 6.45) is 0. The topological polar surface area (TPSA) is 70.1 Å². The van der Waals surface area contributed by atoms with Gasteiger partial charge in [0.25, 0.3) is 0 Å². The number of nitrogens with zero attached hydrogens (tertiary/aromatic N) is 2. The largest absolute Gasteiger partial charge is 0.461 e. The number of carbonyl (C=O) groups excluding carboxylic acids is 1. The number of benzene rings is 1. The Bertz CT molecular complexity index is 627. The fourth-order valence-corrected chi connectivity index (χ4v) is 2.17. The summed E-state index contributed by atoms with van der Waals surface area (Å²) in [4.78, 5) is 11.7. The van der Waals surface area contributed by atoms with E-state index in [2.05, 4.69) is 21.0 Å². The molecule has 0 saturated carbocycles. The number of aromatic nitrogens is 2. The first-order chi connectivity index (χ1) is 9.06. The normalized spacial score (nSPS) is 10.5. The van der Waals surface area contributed by atoms with Gasteiger partial charge in [-0.25, -0.2) is 9.48 Å². The van der Waals surface area contributed by atoms with Gasteiger partial charge < -0.3 is 10.5 Å². The van der Waals surface area contributed by atoms with Crippen LogP contribution in [0.4, 0.5) is 5.82 Å². The SMILES string of the molecule is CCOC(=O)c1nn(-c2ccccc2Cl)c(N)c1Br. The molecule has 1 aromatic heterocycles. The highest BCUT2D eigenvalue weighted by Crippen LogP contribution is 2.29. The molecule has 0 amide bonds. The number of para-hydroxylation sites is 1. The lowest BCUT2D eigenvalue weighted by atomic mass is 10.3. The van der Waals surface area contributed by atoms with Gasteiger partial charge in [-0.1, -0.05) is 23.7 Å². The lowest BCUT2D eigenvalue weighted by Crippen LogP contribution is -2.07. The zero-order valence-electron chi connectivity index (χ0n) is 10.1. The lowest BCUT2D eigenvalue weighted by Gasteiger charge is -2.05. The summed E-state index contributed by atoms with van der Waals surface area (Å²) in [6.45, 7) is 1.99. The van der Waals surface area contributed by atoms with Crippen LogP contribution in [0.2, 0.25) is 5.02 Å². The Labute approximate surface area is 123 Å². The average Bonchev–Trinajstić information content (AvgIpc) is 2.68.